The molecule has 1 heterocycles. The number of aliphatic hydroxyl groups excluding tert-OH is 1. The fourth-order valence-corrected chi connectivity index (χ4v) is 1.85. The molecular weight excluding hydrogens is 194 g/mol. The van der Waals surface area contributed by atoms with Gasteiger partial charge in [0.15, 0.2) is 6.10 Å². The second kappa shape index (κ2) is 3.70. The molecule has 0 bridgehead atoms. The van der Waals surface area contributed by atoms with E-state index < -0.39 is 17.5 Å². The maximum Gasteiger partial charge on any atom is 0.333 e. The zero-order valence-corrected chi connectivity index (χ0v) is 9.46. The molecule has 0 fully saturated rings. The molecule has 0 aromatic carbocycles. The molecule has 4 nitrogen and oxygen atoms in total. The first-order valence-electron chi connectivity index (χ1n) is 4.84. The summed E-state index contributed by atoms with van der Waals surface area (Å²) < 4.78 is 0. The highest BCUT2D eigenvalue weighted by Crippen LogP contribution is 2.30. The lowest BCUT2D eigenvalue weighted by atomic mass is 9.79. The molecule has 0 amide bonds. The number of hydrogen-bond acceptors (Lipinski definition) is 2. The van der Waals surface area contributed by atoms with Gasteiger partial charge in [0.25, 0.3) is 0 Å². The van der Waals surface area contributed by atoms with Crippen molar-refractivity contribution in [3.8, 4) is 0 Å². The number of hydrogen-bond donors (Lipinski definition) is 3. The van der Waals surface area contributed by atoms with Gasteiger partial charge in [0.05, 0.1) is 0 Å². The summed E-state index contributed by atoms with van der Waals surface area (Å²) in [4.78, 5) is 13.9. The number of aromatic amines is 1. The van der Waals surface area contributed by atoms with Gasteiger partial charge < -0.3 is 15.2 Å². The van der Waals surface area contributed by atoms with Crippen LogP contribution in [0.3, 0.4) is 0 Å². The fourth-order valence-electron chi connectivity index (χ4n) is 1.85. The number of carboxylic acid groups (broad SMARTS) is 1. The molecule has 15 heavy (non-hydrogen) atoms. The van der Waals surface area contributed by atoms with Crippen molar-refractivity contribution in [1.82, 2.24) is 4.98 Å². The lowest BCUT2D eigenvalue weighted by Gasteiger charge is -2.27. The maximum atomic E-state index is 10.8. The van der Waals surface area contributed by atoms with Gasteiger partial charge in [-0.1, -0.05) is 13.8 Å². The Morgan fingerprint density at radius 1 is 1.47 bits per heavy atom. The number of H-pyrrole nitrogens is 1. The monoisotopic (exact) mass is 211 g/mol. The van der Waals surface area contributed by atoms with Crippen molar-refractivity contribution in [1.29, 1.82) is 0 Å². The number of nitrogens with one attached hydrogen (secondary N) is 1. The SMILES string of the molecule is Cc1cc(C(C)(C)C(O)C(=O)O)c(C)[nH]1. The van der Waals surface area contributed by atoms with Gasteiger partial charge in [-0.25, -0.2) is 4.79 Å². The molecule has 1 aromatic rings. The number of aliphatic hydroxyl groups is 1. The number of carbonyl (C=O) groups is 1. The summed E-state index contributed by atoms with van der Waals surface area (Å²) in [5, 5.41) is 18.4. The van der Waals surface area contributed by atoms with E-state index in [0.29, 0.717) is 0 Å². The summed E-state index contributed by atoms with van der Waals surface area (Å²) in [5.41, 5.74) is 1.92. The first-order chi connectivity index (χ1) is 6.76. The van der Waals surface area contributed by atoms with Gasteiger partial charge in [-0.05, 0) is 25.5 Å². The topological polar surface area (TPSA) is 73.3 Å². The summed E-state index contributed by atoms with van der Waals surface area (Å²) in [5.74, 6) is -1.20. The van der Waals surface area contributed by atoms with E-state index in [4.69, 9.17) is 5.11 Å². The summed E-state index contributed by atoms with van der Waals surface area (Å²) in [6.45, 7) is 7.22. The molecule has 1 aromatic heterocycles. The third-order valence-electron chi connectivity index (χ3n) is 2.76. The first-order valence-corrected chi connectivity index (χ1v) is 4.84. The highest BCUT2D eigenvalue weighted by Gasteiger charge is 2.36. The Hall–Kier alpha value is -1.29. The lowest BCUT2D eigenvalue weighted by molar-refractivity contribution is -0.150. The summed E-state index contributed by atoms with van der Waals surface area (Å²) in [6, 6.07) is 1.88. The highest BCUT2D eigenvalue weighted by molar-refractivity contribution is 5.74. The minimum atomic E-state index is -1.40. The summed E-state index contributed by atoms with van der Waals surface area (Å²) in [6.07, 6.45) is -1.40. The van der Waals surface area contributed by atoms with Crippen LogP contribution in [0.1, 0.15) is 30.8 Å². The van der Waals surface area contributed by atoms with Crippen LogP contribution in [-0.2, 0) is 10.2 Å². The van der Waals surface area contributed by atoms with Crippen molar-refractivity contribution in [2.45, 2.75) is 39.2 Å². The van der Waals surface area contributed by atoms with Crippen molar-refractivity contribution in [2.24, 2.45) is 0 Å². The Bertz CT molecular complexity index is 379. The number of aromatic nitrogens is 1. The van der Waals surface area contributed by atoms with E-state index in [9.17, 15) is 9.90 Å². The van der Waals surface area contributed by atoms with Gasteiger partial charge in [-0.2, -0.15) is 0 Å². The fraction of sp³-hybridized carbons (Fsp3) is 0.545. The van der Waals surface area contributed by atoms with Crippen LogP contribution in [0.25, 0.3) is 0 Å². The van der Waals surface area contributed by atoms with Crippen molar-refractivity contribution < 1.29 is 15.0 Å². The molecule has 0 saturated carbocycles. The third-order valence-corrected chi connectivity index (χ3v) is 2.76. The van der Waals surface area contributed by atoms with Gasteiger partial charge in [0, 0.05) is 16.8 Å². The normalized spacial score (nSPS) is 13.9. The molecule has 0 aliphatic rings. The number of rotatable bonds is 3. The van der Waals surface area contributed by atoms with Crippen molar-refractivity contribution in [2.75, 3.05) is 0 Å². The standard InChI is InChI=1S/C11H17NO3/c1-6-5-8(7(2)12-6)11(3,4)9(13)10(14)15/h5,9,12-13H,1-4H3,(H,14,15). The zero-order valence-electron chi connectivity index (χ0n) is 9.46. The van der Waals surface area contributed by atoms with Crippen molar-refractivity contribution in [3.63, 3.8) is 0 Å². The van der Waals surface area contributed by atoms with Gasteiger partial charge in [0.2, 0.25) is 0 Å². The van der Waals surface area contributed by atoms with E-state index in [0.717, 1.165) is 17.0 Å². The van der Waals surface area contributed by atoms with Gasteiger partial charge >= 0.3 is 5.97 Å². The van der Waals surface area contributed by atoms with Crippen molar-refractivity contribution in [3.05, 3.63) is 23.0 Å². The zero-order chi connectivity index (χ0) is 11.8. The summed E-state index contributed by atoms with van der Waals surface area (Å²) in [7, 11) is 0. The van der Waals surface area contributed by atoms with Crippen LogP contribution in [0.5, 0.6) is 0 Å². The third kappa shape index (κ3) is 2.04. The maximum absolute atomic E-state index is 10.8. The van der Waals surface area contributed by atoms with E-state index in [-0.39, 0.29) is 0 Å². The minimum absolute atomic E-state index is 0.791. The average molecular weight is 211 g/mol. The number of aryl methyl sites for hydroxylation is 2. The van der Waals surface area contributed by atoms with Crippen LogP contribution in [0.4, 0.5) is 0 Å². The molecule has 0 radical (unpaired) electrons. The van der Waals surface area contributed by atoms with Crippen molar-refractivity contribution >= 4 is 5.97 Å². The van der Waals surface area contributed by atoms with E-state index in [1.807, 2.05) is 19.9 Å². The molecule has 1 rings (SSSR count). The van der Waals surface area contributed by atoms with Crippen LogP contribution in [0, 0.1) is 13.8 Å². The Kier molecular flexibility index (Phi) is 2.90. The molecule has 0 aliphatic heterocycles. The van der Waals surface area contributed by atoms with E-state index in [1.54, 1.807) is 13.8 Å². The van der Waals surface area contributed by atoms with Crippen LogP contribution in [0.2, 0.25) is 0 Å². The van der Waals surface area contributed by atoms with Crippen LogP contribution < -0.4 is 0 Å². The predicted octanol–water partition coefficient (Wildman–Crippen LogP) is 1.35. The minimum Gasteiger partial charge on any atom is -0.479 e. The molecule has 84 valence electrons. The number of aliphatic carboxylic acids is 1. The molecule has 1 atom stereocenters. The molecule has 0 spiro atoms. The molecule has 3 N–H and O–H groups in total. The Labute approximate surface area is 88.9 Å². The molecular formula is C11H17NO3. The molecule has 0 saturated heterocycles. The molecule has 0 aliphatic carbocycles. The van der Waals surface area contributed by atoms with E-state index >= 15 is 0 Å². The first kappa shape index (κ1) is 11.8. The molecule has 1 unspecified atom stereocenters. The van der Waals surface area contributed by atoms with Crippen LogP contribution in [0.15, 0.2) is 6.07 Å². The van der Waals surface area contributed by atoms with Gasteiger partial charge in [-0.15, -0.1) is 0 Å². The predicted molar refractivity (Wildman–Crippen MR) is 56.9 cm³/mol. The lowest BCUT2D eigenvalue weighted by Crippen LogP contribution is -2.40. The average Bonchev–Trinajstić information content (AvgIpc) is 2.44. The largest absolute Gasteiger partial charge is 0.479 e. The number of carboxylic acids is 1. The van der Waals surface area contributed by atoms with Crippen LogP contribution >= 0.6 is 0 Å². The Balaban J connectivity index is 3.15. The quantitative estimate of drug-likeness (QED) is 0.706. The highest BCUT2D eigenvalue weighted by atomic mass is 16.4. The second-order valence-corrected chi connectivity index (χ2v) is 4.45. The van der Waals surface area contributed by atoms with Crippen LogP contribution in [-0.4, -0.2) is 27.3 Å². The van der Waals surface area contributed by atoms with E-state index in [1.165, 1.54) is 0 Å². The second-order valence-electron chi connectivity index (χ2n) is 4.45. The van der Waals surface area contributed by atoms with E-state index in [2.05, 4.69) is 4.98 Å². The van der Waals surface area contributed by atoms with Gasteiger partial charge in [-0.3, -0.25) is 0 Å². The van der Waals surface area contributed by atoms with Gasteiger partial charge in [0.1, 0.15) is 0 Å². The Morgan fingerprint density at radius 3 is 2.33 bits per heavy atom. The summed E-state index contributed by atoms with van der Waals surface area (Å²) >= 11 is 0. The molecule has 4 heteroatoms. The smallest absolute Gasteiger partial charge is 0.333 e. The Morgan fingerprint density at radius 2 is 2.00 bits per heavy atom.